The Bertz CT molecular complexity index is 813. The number of rotatable bonds is 6. The monoisotopic (exact) mass is 340 g/mol. The zero-order valence-corrected chi connectivity index (χ0v) is 14.1. The van der Waals surface area contributed by atoms with Crippen molar-refractivity contribution in [1.29, 1.82) is 0 Å². The number of aromatic nitrogens is 2. The molecule has 122 valence electrons. The van der Waals surface area contributed by atoms with E-state index in [1.54, 1.807) is 35.9 Å². The lowest BCUT2D eigenvalue weighted by atomic mass is 10.1. The fraction of sp³-hybridized carbons (Fsp3) is 0.167. The molecule has 1 N–H and O–H groups in total. The molecule has 4 nitrogen and oxygen atoms in total. The number of hydrazone groups is 1. The Labute approximate surface area is 144 Å². The molecule has 0 aliphatic heterocycles. The number of pyridine rings is 1. The molecule has 0 amide bonds. The number of hydrogen-bond acceptors (Lipinski definition) is 5. The molecule has 0 spiro atoms. The van der Waals surface area contributed by atoms with Crippen LogP contribution in [-0.4, -0.2) is 16.2 Å². The fourth-order valence-electron chi connectivity index (χ4n) is 2.24. The average Bonchev–Trinajstić information content (AvgIpc) is 3.00. The summed E-state index contributed by atoms with van der Waals surface area (Å²) < 4.78 is 13.1. The van der Waals surface area contributed by atoms with Crippen LogP contribution < -0.4 is 5.43 Å². The smallest absolute Gasteiger partial charge is 0.204 e. The van der Waals surface area contributed by atoms with Crippen LogP contribution in [0.1, 0.15) is 23.9 Å². The van der Waals surface area contributed by atoms with Crippen molar-refractivity contribution >= 4 is 22.7 Å². The molecular weight excluding hydrogens is 323 g/mol. The first-order chi connectivity index (χ1) is 11.8. The summed E-state index contributed by atoms with van der Waals surface area (Å²) in [5.41, 5.74) is 5.53. The molecule has 24 heavy (non-hydrogen) atoms. The van der Waals surface area contributed by atoms with Crippen LogP contribution in [0.5, 0.6) is 0 Å². The van der Waals surface area contributed by atoms with E-state index in [9.17, 15) is 4.39 Å². The number of aryl methyl sites for hydroxylation is 1. The Hall–Kier alpha value is -2.60. The Kier molecular flexibility index (Phi) is 5.28. The highest BCUT2D eigenvalue weighted by molar-refractivity contribution is 7.16. The highest BCUT2D eigenvalue weighted by Gasteiger charge is 2.12. The normalized spacial score (nSPS) is 11.1. The molecule has 0 aliphatic rings. The van der Waals surface area contributed by atoms with Crippen molar-refractivity contribution in [1.82, 2.24) is 9.97 Å². The van der Waals surface area contributed by atoms with Crippen molar-refractivity contribution in [3.63, 3.8) is 0 Å². The first-order valence-electron chi connectivity index (χ1n) is 7.72. The van der Waals surface area contributed by atoms with Crippen LogP contribution in [0.4, 0.5) is 9.52 Å². The fourth-order valence-corrected chi connectivity index (χ4v) is 3.27. The molecule has 0 saturated carbocycles. The van der Waals surface area contributed by atoms with Crippen molar-refractivity contribution in [2.75, 3.05) is 5.43 Å². The van der Waals surface area contributed by atoms with Crippen LogP contribution in [0.2, 0.25) is 0 Å². The van der Waals surface area contributed by atoms with Crippen molar-refractivity contribution in [2.24, 2.45) is 5.10 Å². The first kappa shape index (κ1) is 16.3. The lowest BCUT2D eigenvalue weighted by Crippen LogP contribution is -1.91. The number of nitrogens with one attached hydrogen (secondary N) is 1. The molecule has 2 aromatic heterocycles. The van der Waals surface area contributed by atoms with E-state index in [1.165, 1.54) is 17.0 Å². The summed E-state index contributed by atoms with van der Waals surface area (Å²) in [6.45, 7) is 2.13. The molecule has 2 heterocycles. The maximum Gasteiger partial charge on any atom is 0.204 e. The van der Waals surface area contributed by atoms with E-state index < -0.39 is 0 Å². The standard InChI is InChI=1S/C18H17FN4S/c1-2-5-16-17(13-7-9-14(19)10-8-13)22-18(24-16)23-21-12-15-6-3-4-11-20-15/h3-4,6-12H,2,5H2,1H3,(H,22,23). The van der Waals surface area contributed by atoms with Gasteiger partial charge in [-0.3, -0.25) is 10.4 Å². The van der Waals surface area contributed by atoms with E-state index in [4.69, 9.17) is 0 Å². The molecular formula is C18H17FN4S. The summed E-state index contributed by atoms with van der Waals surface area (Å²) in [4.78, 5) is 9.95. The zero-order valence-electron chi connectivity index (χ0n) is 13.2. The molecule has 0 atom stereocenters. The van der Waals surface area contributed by atoms with Crippen LogP contribution in [0.3, 0.4) is 0 Å². The second-order valence-corrected chi connectivity index (χ2v) is 6.26. The third kappa shape index (κ3) is 4.02. The van der Waals surface area contributed by atoms with E-state index in [-0.39, 0.29) is 5.82 Å². The largest absolute Gasteiger partial charge is 0.255 e. The lowest BCUT2D eigenvalue weighted by Gasteiger charge is -2.00. The number of benzene rings is 1. The summed E-state index contributed by atoms with van der Waals surface area (Å²) in [6, 6.07) is 12.1. The summed E-state index contributed by atoms with van der Waals surface area (Å²) in [5.74, 6) is -0.246. The van der Waals surface area contributed by atoms with Gasteiger partial charge in [0.2, 0.25) is 5.13 Å². The second-order valence-electron chi connectivity index (χ2n) is 5.17. The van der Waals surface area contributed by atoms with Crippen LogP contribution in [0.15, 0.2) is 53.8 Å². The van der Waals surface area contributed by atoms with Gasteiger partial charge in [0.1, 0.15) is 5.82 Å². The van der Waals surface area contributed by atoms with Crippen LogP contribution in [0.25, 0.3) is 11.3 Å². The molecule has 3 aromatic rings. The van der Waals surface area contributed by atoms with Gasteiger partial charge in [-0.25, -0.2) is 9.37 Å². The second kappa shape index (κ2) is 7.79. The quantitative estimate of drug-likeness (QED) is 0.521. The topological polar surface area (TPSA) is 50.2 Å². The zero-order chi connectivity index (χ0) is 16.8. The van der Waals surface area contributed by atoms with E-state index >= 15 is 0 Å². The molecule has 3 rings (SSSR count). The highest BCUT2D eigenvalue weighted by Crippen LogP contribution is 2.32. The molecule has 0 radical (unpaired) electrons. The molecule has 0 saturated heterocycles. The van der Waals surface area contributed by atoms with Gasteiger partial charge in [0, 0.05) is 16.6 Å². The Balaban J connectivity index is 1.80. The number of halogens is 1. The maximum atomic E-state index is 13.1. The molecule has 0 fully saturated rings. The molecule has 1 aromatic carbocycles. The van der Waals surface area contributed by atoms with Gasteiger partial charge in [0.25, 0.3) is 0 Å². The Morgan fingerprint density at radius 1 is 1.21 bits per heavy atom. The summed E-state index contributed by atoms with van der Waals surface area (Å²) in [7, 11) is 0. The Morgan fingerprint density at radius 2 is 2.04 bits per heavy atom. The van der Waals surface area contributed by atoms with Crippen molar-refractivity contribution < 1.29 is 4.39 Å². The van der Waals surface area contributed by atoms with Gasteiger partial charge in [-0.15, -0.1) is 0 Å². The Morgan fingerprint density at radius 3 is 2.75 bits per heavy atom. The van der Waals surface area contributed by atoms with E-state index in [1.807, 2.05) is 18.2 Å². The number of nitrogens with zero attached hydrogens (tertiary/aromatic N) is 3. The van der Waals surface area contributed by atoms with Gasteiger partial charge in [0.05, 0.1) is 17.6 Å². The average molecular weight is 340 g/mol. The molecule has 0 aliphatic carbocycles. The molecule has 0 unspecified atom stereocenters. The van der Waals surface area contributed by atoms with Crippen molar-refractivity contribution in [3.05, 3.63) is 65.0 Å². The number of thiazole rings is 1. The highest BCUT2D eigenvalue weighted by atomic mass is 32.1. The third-order valence-corrected chi connectivity index (χ3v) is 4.36. The van der Waals surface area contributed by atoms with Crippen LogP contribution in [0, 0.1) is 5.82 Å². The van der Waals surface area contributed by atoms with Crippen molar-refractivity contribution in [2.45, 2.75) is 19.8 Å². The van der Waals surface area contributed by atoms with Gasteiger partial charge >= 0.3 is 0 Å². The van der Waals surface area contributed by atoms with E-state index in [2.05, 4.69) is 27.4 Å². The minimum atomic E-state index is -0.246. The SMILES string of the molecule is CCCc1sc(NN=Cc2ccccn2)nc1-c1ccc(F)cc1. The van der Waals surface area contributed by atoms with Gasteiger partial charge in [-0.05, 0) is 42.8 Å². The van der Waals surface area contributed by atoms with E-state index in [0.29, 0.717) is 5.13 Å². The predicted octanol–water partition coefficient (Wildman–Crippen LogP) is 4.74. The molecule has 6 heteroatoms. The number of anilines is 1. The molecule has 0 bridgehead atoms. The maximum absolute atomic E-state index is 13.1. The number of hydrogen-bond donors (Lipinski definition) is 1. The van der Waals surface area contributed by atoms with Gasteiger partial charge in [-0.2, -0.15) is 5.10 Å². The van der Waals surface area contributed by atoms with Gasteiger partial charge in [-0.1, -0.05) is 30.7 Å². The van der Waals surface area contributed by atoms with Gasteiger partial charge in [0.15, 0.2) is 0 Å². The first-order valence-corrected chi connectivity index (χ1v) is 8.53. The summed E-state index contributed by atoms with van der Waals surface area (Å²) in [6.07, 6.45) is 5.32. The van der Waals surface area contributed by atoms with Crippen molar-refractivity contribution in [3.8, 4) is 11.3 Å². The minimum absolute atomic E-state index is 0.246. The minimum Gasteiger partial charge on any atom is -0.255 e. The van der Waals surface area contributed by atoms with Crippen LogP contribution in [-0.2, 0) is 6.42 Å². The predicted molar refractivity (Wildman–Crippen MR) is 97.0 cm³/mol. The van der Waals surface area contributed by atoms with Crippen LogP contribution >= 0.6 is 11.3 Å². The third-order valence-electron chi connectivity index (χ3n) is 3.34. The summed E-state index contributed by atoms with van der Waals surface area (Å²) >= 11 is 1.57. The summed E-state index contributed by atoms with van der Waals surface area (Å²) in [5, 5.41) is 4.90. The van der Waals surface area contributed by atoms with E-state index in [0.717, 1.165) is 29.8 Å². The lowest BCUT2D eigenvalue weighted by molar-refractivity contribution is 0.628. The van der Waals surface area contributed by atoms with Gasteiger partial charge < -0.3 is 0 Å².